The fraction of sp³-hybridized carbons (Fsp3) is 0.333. The highest BCUT2D eigenvalue weighted by molar-refractivity contribution is 6.15. The van der Waals surface area contributed by atoms with E-state index in [0.717, 1.165) is 23.9 Å². The quantitative estimate of drug-likeness (QED) is 0.210. The van der Waals surface area contributed by atoms with Gasteiger partial charge in [0.15, 0.2) is 5.58 Å². The summed E-state index contributed by atoms with van der Waals surface area (Å²) in [5.41, 5.74) is 2.69. The first kappa shape index (κ1) is 27.1. The maximum Gasteiger partial charge on any atom is 0.294 e. The van der Waals surface area contributed by atoms with Gasteiger partial charge in [-0.05, 0) is 49.2 Å². The highest BCUT2D eigenvalue weighted by atomic mass is 16.5. The number of amides is 2. The Bertz CT molecular complexity index is 1550. The lowest BCUT2D eigenvalue weighted by Crippen LogP contribution is -2.32. The third-order valence-electron chi connectivity index (χ3n) is 7.15. The van der Waals surface area contributed by atoms with Gasteiger partial charge in [0.2, 0.25) is 11.8 Å². The van der Waals surface area contributed by atoms with Gasteiger partial charge in [0.25, 0.3) is 5.56 Å². The van der Waals surface area contributed by atoms with Crippen molar-refractivity contribution in [1.29, 1.82) is 0 Å². The van der Waals surface area contributed by atoms with Gasteiger partial charge in [-0.15, -0.1) is 0 Å². The number of ether oxygens (including phenoxy) is 1. The lowest BCUT2D eigenvalue weighted by molar-refractivity contribution is -0.126. The van der Waals surface area contributed by atoms with E-state index in [1.165, 1.54) is 11.2 Å². The number of benzene rings is 1. The molecule has 0 unspecified atom stereocenters. The van der Waals surface area contributed by atoms with E-state index in [1.807, 2.05) is 49.5 Å². The minimum atomic E-state index is -0.240. The van der Waals surface area contributed by atoms with Crippen LogP contribution in [0.25, 0.3) is 11.0 Å². The van der Waals surface area contributed by atoms with Gasteiger partial charge in [-0.3, -0.25) is 24.3 Å². The van der Waals surface area contributed by atoms with Crippen LogP contribution in [-0.4, -0.2) is 59.6 Å². The normalized spacial score (nSPS) is 13.7. The van der Waals surface area contributed by atoms with Crippen molar-refractivity contribution in [2.45, 2.75) is 32.9 Å². The molecule has 5 rings (SSSR count). The molecule has 4 aromatic rings. The van der Waals surface area contributed by atoms with Crippen LogP contribution in [0.5, 0.6) is 5.75 Å². The molecule has 0 N–H and O–H groups in total. The van der Waals surface area contributed by atoms with Crippen molar-refractivity contribution in [2.24, 2.45) is 0 Å². The van der Waals surface area contributed by atoms with Gasteiger partial charge in [-0.25, -0.2) is 0 Å². The molecule has 1 aliphatic heterocycles. The summed E-state index contributed by atoms with van der Waals surface area (Å²) in [4.78, 5) is 47.4. The first-order valence-corrected chi connectivity index (χ1v) is 13.5. The lowest BCUT2D eigenvalue weighted by Gasteiger charge is -2.24. The fourth-order valence-electron chi connectivity index (χ4n) is 4.96. The van der Waals surface area contributed by atoms with E-state index in [9.17, 15) is 14.4 Å². The fourth-order valence-corrected chi connectivity index (χ4v) is 4.96. The van der Waals surface area contributed by atoms with E-state index in [1.54, 1.807) is 35.0 Å². The van der Waals surface area contributed by atoms with Crippen LogP contribution < -0.4 is 20.1 Å². The lowest BCUT2D eigenvalue weighted by atomic mass is 10.2. The molecule has 0 saturated heterocycles. The molecule has 2 amide bonds. The van der Waals surface area contributed by atoms with Gasteiger partial charge in [-0.1, -0.05) is 6.07 Å². The molecular formula is C30H33N5O5. The molecule has 40 heavy (non-hydrogen) atoms. The molecule has 1 aliphatic rings. The second-order valence-electron chi connectivity index (χ2n) is 9.78. The van der Waals surface area contributed by atoms with E-state index >= 15 is 0 Å². The summed E-state index contributed by atoms with van der Waals surface area (Å²) in [5, 5.41) is 0.799. The molecule has 0 radical (unpaired) electrons. The molecule has 208 valence electrons. The molecule has 0 saturated carbocycles. The van der Waals surface area contributed by atoms with Crippen molar-refractivity contribution in [1.82, 2.24) is 14.5 Å². The van der Waals surface area contributed by atoms with Gasteiger partial charge in [0.05, 0.1) is 24.2 Å². The number of aromatic nitrogens is 2. The zero-order chi connectivity index (χ0) is 28.1. The van der Waals surface area contributed by atoms with E-state index in [2.05, 4.69) is 9.88 Å². The summed E-state index contributed by atoms with van der Waals surface area (Å²) >= 11 is 0. The number of carbonyl (C=O) groups is 2. The van der Waals surface area contributed by atoms with Crippen molar-refractivity contribution in [2.75, 3.05) is 43.1 Å². The van der Waals surface area contributed by atoms with Crippen molar-refractivity contribution < 1.29 is 18.7 Å². The molecule has 10 heteroatoms. The topological polar surface area (TPSA) is 101 Å². The Morgan fingerprint density at radius 1 is 1.05 bits per heavy atom. The average molecular weight is 544 g/mol. The average Bonchev–Trinajstić information content (AvgIpc) is 3.42. The van der Waals surface area contributed by atoms with E-state index in [-0.39, 0.29) is 23.8 Å². The number of anilines is 2. The number of pyridine rings is 2. The van der Waals surface area contributed by atoms with Gasteiger partial charge in [-0.2, -0.15) is 0 Å². The number of carbonyl (C=O) groups excluding carboxylic acids is 2. The number of fused-ring (bicyclic) bond motifs is 2. The minimum Gasteiger partial charge on any atom is -0.493 e. The highest BCUT2D eigenvalue weighted by Crippen LogP contribution is 2.35. The number of hydrogen-bond acceptors (Lipinski definition) is 7. The number of furan rings is 1. The van der Waals surface area contributed by atoms with E-state index in [0.29, 0.717) is 55.5 Å². The molecule has 0 atom stereocenters. The third kappa shape index (κ3) is 5.91. The Balaban J connectivity index is 1.23. The van der Waals surface area contributed by atoms with Crippen LogP contribution in [0.15, 0.2) is 76.5 Å². The second-order valence-corrected chi connectivity index (χ2v) is 9.78. The standard InChI is InChI=1S/C30H33N5O5/c1-3-35-25-8-7-24(18-26(25)32(2)27(36)19-28(35)37)39-16-5-12-33(21-22-6-4-11-31-20-22)14-15-34-13-9-23-10-17-40-29(23)30(34)38/h4,6-11,13,17-18,20H,3,5,12,14-16,19,21H2,1-2H3. The molecular weight excluding hydrogens is 510 g/mol. The third-order valence-corrected chi connectivity index (χ3v) is 7.15. The second kappa shape index (κ2) is 12.2. The Morgan fingerprint density at radius 2 is 1.93 bits per heavy atom. The monoisotopic (exact) mass is 543 g/mol. The zero-order valence-electron chi connectivity index (χ0n) is 22.8. The molecule has 10 nitrogen and oxygen atoms in total. The van der Waals surface area contributed by atoms with Crippen molar-refractivity contribution in [3.05, 3.63) is 83.2 Å². The number of nitrogens with zero attached hydrogens (tertiary/aromatic N) is 5. The molecule has 1 aromatic carbocycles. The number of rotatable bonds is 11. The highest BCUT2D eigenvalue weighted by Gasteiger charge is 2.29. The predicted molar refractivity (Wildman–Crippen MR) is 153 cm³/mol. The van der Waals surface area contributed by atoms with Crippen LogP contribution >= 0.6 is 0 Å². The first-order valence-electron chi connectivity index (χ1n) is 13.5. The minimum absolute atomic E-state index is 0.137. The van der Waals surface area contributed by atoms with Crippen LogP contribution in [0.3, 0.4) is 0 Å². The maximum atomic E-state index is 12.8. The van der Waals surface area contributed by atoms with Gasteiger partial charge < -0.3 is 23.5 Å². The maximum absolute atomic E-state index is 12.8. The van der Waals surface area contributed by atoms with Gasteiger partial charge in [0, 0.05) is 69.8 Å². The zero-order valence-corrected chi connectivity index (χ0v) is 22.8. The van der Waals surface area contributed by atoms with Crippen LogP contribution in [0.4, 0.5) is 11.4 Å². The van der Waals surface area contributed by atoms with Gasteiger partial charge in [0.1, 0.15) is 12.2 Å². The van der Waals surface area contributed by atoms with Crippen molar-refractivity contribution in [3.8, 4) is 5.75 Å². The Morgan fingerprint density at radius 3 is 2.73 bits per heavy atom. The van der Waals surface area contributed by atoms with Crippen molar-refractivity contribution >= 4 is 34.2 Å². The van der Waals surface area contributed by atoms with Crippen LogP contribution in [-0.2, 0) is 22.7 Å². The van der Waals surface area contributed by atoms with E-state index in [4.69, 9.17) is 9.15 Å². The Labute approximate surface area is 232 Å². The van der Waals surface area contributed by atoms with Crippen molar-refractivity contribution in [3.63, 3.8) is 0 Å². The molecule has 3 aromatic heterocycles. The molecule has 0 spiro atoms. The largest absolute Gasteiger partial charge is 0.493 e. The molecule has 4 heterocycles. The molecule has 0 fully saturated rings. The smallest absolute Gasteiger partial charge is 0.294 e. The summed E-state index contributed by atoms with van der Waals surface area (Å²) < 4.78 is 13.1. The molecule has 0 bridgehead atoms. The number of hydrogen-bond donors (Lipinski definition) is 0. The Kier molecular flexibility index (Phi) is 8.26. The van der Waals surface area contributed by atoms with Crippen LogP contribution in [0, 0.1) is 0 Å². The van der Waals surface area contributed by atoms with Crippen LogP contribution in [0.2, 0.25) is 0 Å². The summed E-state index contributed by atoms with van der Waals surface area (Å²) in [6.07, 6.45) is 7.54. The Hall–Kier alpha value is -4.44. The predicted octanol–water partition coefficient (Wildman–Crippen LogP) is 3.68. The molecule has 0 aliphatic carbocycles. The SMILES string of the molecule is CCN1C(=O)CC(=O)N(C)c2cc(OCCCN(CCn3ccc4ccoc4c3=O)Cc3cccnc3)ccc21. The summed E-state index contributed by atoms with van der Waals surface area (Å²) in [7, 11) is 1.68. The summed E-state index contributed by atoms with van der Waals surface area (Å²) in [6.45, 7) is 5.47. The van der Waals surface area contributed by atoms with Gasteiger partial charge >= 0.3 is 0 Å². The van der Waals surface area contributed by atoms with Crippen LogP contribution in [0.1, 0.15) is 25.3 Å². The van der Waals surface area contributed by atoms with E-state index < -0.39 is 0 Å². The summed E-state index contributed by atoms with van der Waals surface area (Å²) in [5.74, 6) is 0.198. The first-order chi connectivity index (χ1) is 19.4. The summed E-state index contributed by atoms with van der Waals surface area (Å²) in [6, 6.07) is 13.1.